The first-order valence-electron chi connectivity index (χ1n) is 6.63. The summed E-state index contributed by atoms with van der Waals surface area (Å²) in [6.07, 6.45) is 3.34. The fraction of sp³-hybridized carbons (Fsp3) is 0.923. The lowest BCUT2D eigenvalue weighted by atomic mass is 10.0. The minimum Gasteiger partial charge on any atom is -0.399 e. The van der Waals surface area contributed by atoms with Crippen LogP contribution >= 0.6 is 0 Å². The van der Waals surface area contributed by atoms with Gasteiger partial charge in [0.15, 0.2) is 8.32 Å². The van der Waals surface area contributed by atoms with Crippen LogP contribution in [0.15, 0.2) is 0 Å². The molecule has 0 aromatic heterocycles. The molecule has 0 aromatic rings. The maximum absolute atomic E-state index is 11.8. The molecule has 0 aliphatic carbocycles. The van der Waals surface area contributed by atoms with E-state index in [4.69, 9.17) is 4.43 Å². The van der Waals surface area contributed by atoms with Crippen LogP contribution in [-0.4, -0.2) is 25.9 Å². The van der Waals surface area contributed by atoms with Gasteiger partial charge in [-0.05, 0) is 31.0 Å². The summed E-state index contributed by atoms with van der Waals surface area (Å²) in [5.74, 6) is 0.366. The SMILES string of the molecule is CC(C)(C)[Si](C)(C)OC12CCC(CC(=O)C1)N2. The molecule has 2 rings (SSSR count). The molecule has 2 saturated heterocycles. The van der Waals surface area contributed by atoms with Crippen LogP contribution in [0.3, 0.4) is 0 Å². The molecule has 2 heterocycles. The smallest absolute Gasteiger partial charge is 0.194 e. The van der Waals surface area contributed by atoms with Crippen LogP contribution in [0, 0.1) is 0 Å². The Morgan fingerprint density at radius 1 is 1.41 bits per heavy atom. The van der Waals surface area contributed by atoms with Gasteiger partial charge in [-0.2, -0.15) is 0 Å². The number of piperidine rings is 1. The van der Waals surface area contributed by atoms with E-state index in [9.17, 15) is 4.79 Å². The van der Waals surface area contributed by atoms with Gasteiger partial charge in [-0.1, -0.05) is 20.8 Å². The van der Waals surface area contributed by atoms with Crippen molar-refractivity contribution in [1.82, 2.24) is 5.32 Å². The van der Waals surface area contributed by atoms with Gasteiger partial charge in [0.05, 0.1) is 0 Å². The molecule has 4 heteroatoms. The van der Waals surface area contributed by atoms with E-state index in [1.54, 1.807) is 0 Å². The third-order valence-electron chi connectivity index (χ3n) is 4.58. The van der Waals surface area contributed by atoms with Crippen molar-refractivity contribution < 1.29 is 9.22 Å². The third-order valence-corrected chi connectivity index (χ3v) is 9.09. The zero-order valence-corrected chi connectivity index (χ0v) is 12.7. The number of hydrogen-bond donors (Lipinski definition) is 1. The second-order valence-corrected chi connectivity index (χ2v) is 11.9. The van der Waals surface area contributed by atoms with Gasteiger partial charge in [0, 0.05) is 18.9 Å². The Balaban J connectivity index is 2.15. The monoisotopic (exact) mass is 255 g/mol. The quantitative estimate of drug-likeness (QED) is 0.771. The summed E-state index contributed by atoms with van der Waals surface area (Å²) in [6, 6.07) is 0.362. The Morgan fingerprint density at radius 3 is 2.65 bits per heavy atom. The predicted molar refractivity (Wildman–Crippen MR) is 71.4 cm³/mol. The van der Waals surface area contributed by atoms with E-state index in [0.29, 0.717) is 24.7 Å². The Kier molecular flexibility index (Phi) is 3.04. The molecular formula is C13H25NO2Si. The summed E-state index contributed by atoms with van der Waals surface area (Å²) in [7, 11) is -1.80. The fourth-order valence-corrected chi connectivity index (χ4v) is 4.16. The maximum Gasteiger partial charge on any atom is 0.194 e. The first kappa shape index (κ1) is 13.2. The van der Waals surface area contributed by atoms with E-state index < -0.39 is 8.32 Å². The van der Waals surface area contributed by atoms with Crippen molar-refractivity contribution >= 4 is 14.1 Å². The van der Waals surface area contributed by atoms with Gasteiger partial charge < -0.3 is 4.43 Å². The molecule has 98 valence electrons. The lowest BCUT2D eigenvalue weighted by Gasteiger charge is -2.45. The molecule has 2 aliphatic rings. The highest BCUT2D eigenvalue weighted by molar-refractivity contribution is 6.74. The summed E-state index contributed by atoms with van der Waals surface area (Å²) in [4.78, 5) is 11.8. The fourth-order valence-electron chi connectivity index (χ4n) is 2.64. The first-order chi connectivity index (χ1) is 7.64. The van der Waals surface area contributed by atoms with E-state index >= 15 is 0 Å². The molecule has 2 atom stereocenters. The van der Waals surface area contributed by atoms with Crippen LogP contribution in [0.25, 0.3) is 0 Å². The molecule has 0 aromatic carbocycles. The molecule has 0 spiro atoms. The Bertz CT molecular complexity index is 335. The lowest BCUT2D eigenvalue weighted by Crippen LogP contribution is -2.58. The van der Waals surface area contributed by atoms with Crippen LogP contribution < -0.4 is 5.32 Å². The van der Waals surface area contributed by atoms with E-state index in [1.165, 1.54) is 0 Å². The van der Waals surface area contributed by atoms with Crippen molar-refractivity contribution in [2.45, 2.75) is 76.4 Å². The minimum atomic E-state index is -1.80. The van der Waals surface area contributed by atoms with Gasteiger partial charge >= 0.3 is 0 Å². The highest BCUT2D eigenvalue weighted by Gasteiger charge is 2.51. The Hall–Kier alpha value is -0.193. The summed E-state index contributed by atoms with van der Waals surface area (Å²) >= 11 is 0. The highest BCUT2D eigenvalue weighted by Crippen LogP contribution is 2.43. The molecule has 1 N–H and O–H groups in total. The molecule has 2 bridgehead atoms. The number of Topliss-reactive ketones (excluding diaryl/α,β-unsaturated/α-hetero) is 1. The second-order valence-electron chi connectivity index (χ2n) is 7.16. The number of fused-ring (bicyclic) bond motifs is 2. The topological polar surface area (TPSA) is 38.3 Å². The van der Waals surface area contributed by atoms with E-state index in [0.717, 1.165) is 12.8 Å². The highest BCUT2D eigenvalue weighted by atomic mass is 28.4. The molecule has 2 fully saturated rings. The number of carbonyl (C=O) groups is 1. The third kappa shape index (κ3) is 2.49. The average molecular weight is 255 g/mol. The van der Waals surface area contributed by atoms with Gasteiger partial charge in [0.25, 0.3) is 0 Å². The second kappa shape index (κ2) is 3.90. The molecule has 2 aliphatic heterocycles. The molecule has 0 amide bonds. The van der Waals surface area contributed by atoms with Gasteiger partial charge in [0.1, 0.15) is 11.5 Å². The van der Waals surface area contributed by atoms with Crippen LogP contribution in [0.5, 0.6) is 0 Å². The van der Waals surface area contributed by atoms with Crippen molar-refractivity contribution in [3.63, 3.8) is 0 Å². The van der Waals surface area contributed by atoms with Crippen molar-refractivity contribution in [3.05, 3.63) is 0 Å². The number of carbonyl (C=O) groups excluding carboxylic acids is 1. The summed E-state index contributed by atoms with van der Waals surface area (Å²) in [5.41, 5.74) is -0.330. The van der Waals surface area contributed by atoms with Crippen molar-refractivity contribution in [3.8, 4) is 0 Å². The molecule has 3 nitrogen and oxygen atoms in total. The molecule has 0 radical (unpaired) electrons. The zero-order valence-electron chi connectivity index (χ0n) is 11.7. The normalized spacial score (nSPS) is 34.2. The molecular weight excluding hydrogens is 230 g/mol. The molecule has 17 heavy (non-hydrogen) atoms. The largest absolute Gasteiger partial charge is 0.399 e. The van der Waals surface area contributed by atoms with Crippen molar-refractivity contribution in [2.24, 2.45) is 0 Å². The van der Waals surface area contributed by atoms with E-state index in [1.807, 2.05) is 0 Å². The summed E-state index contributed by atoms with van der Waals surface area (Å²) in [5, 5.41) is 3.75. The van der Waals surface area contributed by atoms with Crippen LogP contribution in [-0.2, 0) is 9.22 Å². The number of rotatable bonds is 2. The van der Waals surface area contributed by atoms with E-state index in [-0.39, 0.29) is 10.8 Å². The standard InChI is InChI=1S/C13H25NO2Si/c1-12(2,3)17(4,5)16-13-7-6-10(14-13)8-11(15)9-13/h10,14H,6-9H2,1-5H3. The molecule has 2 unspecified atom stereocenters. The first-order valence-corrected chi connectivity index (χ1v) is 9.54. The zero-order chi connectivity index (χ0) is 12.9. The summed E-state index contributed by atoms with van der Waals surface area (Å²) < 4.78 is 6.50. The van der Waals surface area contributed by atoms with Gasteiger partial charge in [-0.15, -0.1) is 0 Å². The van der Waals surface area contributed by atoms with E-state index in [2.05, 4.69) is 39.2 Å². The minimum absolute atomic E-state index is 0.196. The van der Waals surface area contributed by atoms with Crippen molar-refractivity contribution in [1.29, 1.82) is 0 Å². The summed E-state index contributed by atoms with van der Waals surface area (Å²) in [6.45, 7) is 11.2. The lowest BCUT2D eigenvalue weighted by molar-refractivity contribution is -0.127. The van der Waals surface area contributed by atoms with Gasteiger partial charge in [0.2, 0.25) is 0 Å². The van der Waals surface area contributed by atoms with Crippen LogP contribution in [0.4, 0.5) is 0 Å². The predicted octanol–water partition coefficient (Wildman–Crippen LogP) is 2.82. The Labute approximate surface area is 105 Å². The molecule has 0 saturated carbocycles. The van der Waals surface area contributed by atoms with Gasteiger partial charge in [-0.25, -0.2) is 0 Å². The van der Waals surface area contributed by atoms with Crippen LogP contribution in [0.1, 0.15) is 46.5 Å². The number of nitrogens with one attached hydrogen (secondary N) is 1. The maximum atomic E-state index is 11.8. The van der Waals surface area contributed by atoms with Gasteiger partial charge in [-0.3, -0.25) is 10.1 Å². The Morgan fingerprint density at radius 2 is 2.06 bits per heavy atom. The number of ketones is 1. The number of hydrogen-bond acceptors (Lipinski definition) is 3. The van der Waals surface area contributed by atoms with Crippen LogP contribution in [0.2, 0.25) is 18.1 Å². The van der Waals surface area contributed by atoms with Crippen molar-refractivity contribution in [2.75, 3.05) is 0 Å². The average Bonchev–Trinajstić information content (AvgIpc) is 2.38.